The first-order chi connectivity index (χ1) is 8.72. The summed E-state index contributed by atoms with van der Waals surface area (Å²) in [5.41, 5.74) is 0. The van der Waals surface area contributed by atoms with E-state index in [0.717, 1.165) is 32.5 Å². The molecule has 2 rings (SSSR count). The van der Waals surface area contributed by atoms with Crippen molar-refractivity contribution in [2.45, 2.75) is 31.7 Å². The summed E-state index contributed by atoms with van der Waals surface area (Å²) in [7, 11) is 2.15. The number of carbonyl (C=O) groups is 1. The van der Waals surface area contributed by atoms with Gasteiger partial charge in [-0.3, -0.25) is 0 Å². The number of rotatable bonds is 3. The molecule has 2 amide bonds. The van der Waals surface area contributed by atoms with Crippen molar-refractivity contribution in [3.8, 4) is 0 Å². The van der Waals surface area contributed by atoms with E-state index in [-0.39, 0.29) is 12.6 Å². The zero-order valence-electron chi connectivity index (χ0n) is 11.2. The molecule has 0 spiro atoms. The minimum absolute atomic E-state index is 0.0749. The zero-order valence-corrected chi connectivity index (χ0v) is 11.2. The van der Waals surface area contributed by atoms with E-state index in [4.69, 9.17) is 0 Å². The number of urea groups is 1. The Morgan fingerprint density at radius 1 is 1.28 bits per heavy atom. The maximum absolute atomic E-state index is 12.1. The van der Waals surface area contributed by atoms with E-state index < -0.39 is 6.67 Å². The Kier molecular flexibility index (Phi) is 4.80. The average molecular weight is 257 g/mol. The second-order valence-electron chi connectivity index (χ2n) is 5.46. The molecule has 0 unspecified atom stereocenters. The second-order valence-corrected chi connectivity index (χ2v) is 5.46. The van der Waals surface area contributed by atoms with E-state index in [0.29, 0.717) is 12.0 Å². The largest absolute Gasteiger partial charge is 0.335 e. The third kappa shape index (κ3) is 3.13. The molecule has 2 heterocycles. The number of nitrogens with zero attached hydrogens (tertiary/aromatic N) is 2. The molecule has 0 aromatic carbocycles. The molecule has 2 aliphatic rings. The van der Waals surface area contributed by atoms with Gasteiger partial charge in [-0.15, -0.1) is 0 Å². The van der Waals surface area contributed by atoms with Crippen LogP contribution in [0.2, 0.25) is 0 Å². The number of halogens is 1. The van der Waals surface area contributed by atoms with Crippen molar-refractivity contribution in [1.82, 2.24) is 15.1 Å². The number of hydrogen-bond donors (Lipinski definition) is 1. The van der Waals surface area contributed by atoms with Crippen LogP contribution in [0.25, 0.3) is 0 Å². The van der Waals surface area contributed by atoms with Gasteiger partial charge in [0.25, 0.3) is 0 Å². The van der Waals surface area contributed by atoms with Crippen LogP contribution in [0.3, 0.4) is 0 Å². The van der Waals surface area contributed by atoms with E-state index in [9.17, 15) is 9.18 Å². The molecule has 0 aromatic heterocycles. The van der Waals surface area contributed by atoms with Gasteiger partial charge in [0.15, 0.2) is 0 Å². The summed E-state index contributed by atoms with van der Waals surface area (Å²) in [5, 5.41) is 2.65. The van der Waals surface area contributed by atoms with Crippen molar-refractivity contribution < 1.29 is 9.18 Å². The minimum Gasteiger partial charge on any atom is -0.335 e. The van der Waals surface area contributed by atoms with Crippen molar-refractivity contribution >= 4 is 6.03 Å². The van der Waals surface area contributed by atoms with Crippen LogP contribution in [-0.2, 0) is 0 Å². The van der Waals surface area contributed by atoms with Crippen molar-refractivity contribution in [3.05, 3.63) is 0 Å². The van der Waals surface area contributed by atoms with Crippen LogP contribution in [0.5, 0.6) is 0 Å². The molecule has 104 valence electrons. The van der Waals surface area contributed by atoms with Crippen LogP contribution in [-0.4, -0.2) is 61.8 Å². The lowest BCUT2D eigenvalue weighted by Gasteiger charge is -2.36. The Labute approximate surface area is 109 Å². The molecule has 0 bridgehead atoms. The summed E-state index contributed by atoms with van der Waals surface area (Å²) in [6, 6.07) is 0.299. The van der Waals surface area contributed by atoms with Gasteiger partial charge in [0.2, 0.25) is 0 Å². The minimum atomic E-state index is -0.488. The number of likely N-dealkylation sites (tertiary alicyclic amines) is 2. The van der Waals surface area contributed by atoms with E-state index in [1.54, 1.807) is 0 Å². The highest BCUT2D eigenvalue weighted by Gasteiger charge is 2.35. The van der Waals surface area contributed by atoms with Crippen molar-refractivity contribution in [2.75, 3.05) is 39.9 Å². The second kappa shape index (κ2) is 6.36. The number of hydrogen-bond acceptors (Lipinski definition) is 2. The maximum atomic E-state index is 12.1. The topological polar surface area (TPSA) is 35.6 Å². The average Bonchev–Trinajstić information content (AvgIpc) is 2.86. The van der Waals surface area contributed by atoms with Crippen molar-refractivity contribution in [1.29, 1.82) is 0 Å². The van der Waals surface area contributed by atoms with E-state index in [1.807, 2.05) is 4.90 Å². The molecule has 0 aliphatic carbocycles. The van der Waals surface area contributed by atoms with Gasteiger partial charge < -0.3 is 15.1 Å². The van der Waals surface area contributed by atoms with Gasteiger partial charge in [-0.05, 0) is 51.7 Å². The van der Waals surface area contributed by atoms with Gasteiger partial charge in [0.05, 0.1) is 0 Å². The molecule has 0 saturated carbocycles. The van der Waals surface area contributed by atoms with Crippen LogP contribution >= 0.6 is 0 Å². The lowest BCUT2D eigenvalue weighted by atomic mass is 9.88. The highest BCUT2D eigenvalue weighted by atomic mass is 19.1. The molecule has 2 aliphatic heterocycles. The predicted molar refractivity (Wildman–Crippen MR) is 69.3 cm³/mol. The van der Waals surface area contributed by atoms with Crippen molar-refractivity contribution in [2.24, 2.45) is 5.92 Å². The summed E-state index contributed by atoms with van der Waals surface area (Å²) >= 11 is 0. The number of amides is 2. The molecule has 0 radical (unpaired) electrons. The smallest absolute Gasteiger partial charge is 0.317 e. The Balaban J connectivity index is 1.88. The molecule has 5 heteroatoms. The summed E-state index contributed by atoms with van der Waals surface area (Å²) in [5.74, 6) is 0.625. The predicted octanol–water partition coefficient (Wildman–Crippen LogP) is 1.47. The van der Waals surface area contributed by atoms with Crippen LogP contribution in [0.4, 0.5) is 9.18 Å². The fourth-order valence-corrected chi connectivity index (χ4v) is 3.20. The van der Waals surface area contributed by atoms with E-state index >= 15 is 0 Å². The Hall–Kier alpha value is -0.840. The quantitative estimate of drug-likeness (QED) is 0.831. The molecule has 2 saturated heterocycles. The summed E-state index contributed by atoms with van der Waals surface area (Å²) in [6.45, 7) is 2.73. The Morgan fingerprint density at radius 2 is 2.00 bits per heavy atom. The van der Waals surface area contributed by atoms with E-state index in [1.165, 1.54) is 12.8 Å². The zero-order chi connectivity index (χ0) is 13.0. The lowest BCUT2D eigenvalue weighted by molar-refractivity contribution is 0.132. The van der Waals surface area contributed by atoms with Crippen LogP contribution in [0.1, 0.15) is 25.7 Å². The fraction of sp³-hybridized carbons (Fsp3) is 0.923. The third-order valence-corrected chi connectivity index (χ3v) is 4.24. The molecular formula is C13H24FN3O. The molecular weight excluding hydrogens is 233 g/mol. The van der Waals surface area contributed by atoms with Gasteiger partial charge in [0.1, 0.15) is 6.67 Å². The highest BCUT2D eigenvalue weighted by molar-refractivity contribution is 5.74. The molecule has 2 fully saturated rings. The van der Waals surface area contributed by atoms with Crippen LogP contribution in [0.15, 0.2) is 0 Å². The van der Waals surface area contributed by atoms with Crippen LogP contribution < -0.4 is 5.32 Å². The molecule has 1 N–H and O–H groups in total. The summed E-state index contributed by atoms with van der Waals surface area (Å²) < 4.78 is 12.1. The molecule has 1 atom stereocenters. The summed E-state index contributed by atoms with van der Waals surface area (Å²) in [4.78, 5) is 16.2. The van der Waals surface area contributed by atoms with Crippen LogP contribution in [0, 0.1) is 5.92 Å². The normalized spacial score (nSPS) is 26.6. The van der Waals surface area contributed by atoms with Gasteiger partial charge in [-0.2, -0.15) is 0 Å². The van der Waals surface area contributed by atoms with Crippen molar-refractivity contribution in [3.63, 3.8) is 0 Å². The maximum Gasteiger partial charge on any atom is 0.317 e. The van der Waals surface area contributed by atoms with Gasteiger partial charge in [-0.1, -0.05) is 0 Å². The molecule has 4 nitrogen and oxygen atoms in total. The SMILES string of the molecule is CN1CCC([C@@H]2CCCN2C(=O)NCCF)CC1. The standard InChI is InChI=1S/C13H24FN3O/c1-16-9-4-11(5-10-16)12-3-2-8-17(12)13(18)15-7-6-14/h11-12H,2-10H2,1H3,(H,15,18)/t12-/m0/s1. The summed E-state index contributed by atoms with van der Waals surface area (Å²) in [6.07, 6.45) is 4.54. The number of piperidine rings is 1. The highest BCUT2D eigenvalue weighted by Crippen LogP contribution is 2.30. The van der Waals surface area contributed by atoms with E-state index in [2.05, 4.69) is 17.3 Å². The first-order valence-corrected chi connectivity index (χ1v) is 7.01. The number of nitrogens with one attached hydrogen (secondary N) is 1. The number of alkyl halides is 1. The molecule has 18 heavy (non-hydrogen) atoms. The van der Waals surface area contributed by atoms with Gasteiger partial charge >= 0.3 is 6.03 Å². The Bertz CT molecular complexity index is 279. The Morgan fingerprint density at radius 3 is 2.67 bits per heavy atom. The monoisotopic (exact) mass is 257 g/mol. The third-order valence-electron chi connectivity index (χ3n) is 4.24. The fourth-order valence-electron chi connectivity index (χ4n) is 3.20. The lowest BCUT2D eigenvalue weighted by Crippen LogP contribution is -2.48. The molecule has 0 aromatic rings. The number of carbonyl (C=O) groups excluding carboxylic acids is 1. The van der Waals surface area contributed by atoms with Gasteiger partial charge in [0, 0.05) is 19.1 Å². The first kappa shape index (κ1) is 13.6. The first-order valence-electron chi connectivity index (χ1n) is 7.01. The van der Waals surface area contributed by atoms with Gasteiger partial charge in [-0.25, -0.2) is 9.18 Å².